The molecular formula is C8H8BrClN2. The highest BCUT2D eigenvalue weighted by Crippen LogP contribution is 2.35. The Kier molecular flexibility index (Phi) is 2.15. The Balaban J connectivity index is 2.53. The van der Waals surface area contributed by atoms with Crippen LogP contribution in [0.5, 0.6) is 0 Å². The van der Waals surface area contributed by atoms with E-state index in [4.69, 9.17) is 11.6 Å². The highest BCUT2D eigenvalue weighted by molar-refractivity contribution is 9.10. The van der Waals surface area contributed by atoms with E-state index in [0.29, 0.717) is 0 Å². The van der Waals surface area contributed by atoms with E-state index in [2.05, 4.69) is 26.6 Å². The summed E-state index contributed by atoms with van der Waals surface area (Å²) in [5, 5.41) is 7.27. The number of benzene rings is 1. The third-order valence-electron chi connectivity index (χ3n) is 1.80. The van der Waals surface area contributed by atoms with Gasteiger partial charge >= 0.3 is 0 Å². The largest absolute Gasteiger partial charge is 0.382 e. The molecular weight excluding hydrogens is 239 g/mol. The van der Waals surface area contributed by atoms with E-state index >= 15 is 0 Å². The van der Waals surface area contributed by atoms with Crippen molar-refractivity contribution in [2.24, 2.45) is 0 Å². The first-order chi connectivity index (χ1) is 5.77. The Morgan fingerprint density at radius 1 is 1.25 bits per heavy atom. The quantitative estimate of drug-likeness (QED) is 0.736. The molecule has 0 saturated carbocycles. The molecule has 0 amide bonds. The standard InChI is InChI=1S/C8H8BrClN2/c9-5-3-6(10)8-7(4-5)11-1-2-12-8/h3-4,11-12H,1-2H2. The molecule has 0 aromatic heterocycles. The maximum absolute atomic E-state index is 6.01. The third kappa shape index (κ3) is 1.39. The van der Waals surface area contributed by atoms with Crippen LogP contribution in [0.2, 0.25) is 5.02 Å². The molecule has 0 aliphatic carbocycles. The van der Waals surface area contributed by atoms with Crippen LogP contribution < -0.4 is 10.6 Å². The van der Waals surface area contributed by atoms with Gasteiger partial charge in [0.05, 0.1) is 16.4 Å². The fourth-order valence-corrected chi connectivity index (χ4v) is 2.15. The predicted molar refractivity (Wildman–Crippen MR) is 56.1 cm³/mol. The first-order valence-corrected chi connectivity index (χ1v) is 4.91. The van der Waals surface area contributed by atoms with Crippen molar-refractivity contribution in [3.8, 4) is 0 Å². The van der Waals surface area contributed by atoms with E-state index in [9.17, 15) is 0 Å². The SMILES string of the molecule is Clc1cc(Br)cc2c1NCCN2. The van der Waals surface area contributed by atoms with E-state index in [0.717, 1.165) is 34.0 Å². The molecule has 0 saturated heterocycles. The van der Waals surface area contributed by atoms with Crippen molar-refractivity contribution in [3.63, 3.8) is 0 Å². The molecule has 0 spiro atoms. The van der Waals surface area contributed by atoms with Gasteiger partial charge < -0.3 is 10.6 Å². The van der Waals surface area contributed by atoms with E-state index in [1.165, 1.54) is 0 Å². The summed E-state index contributed by atoms with van der Waals surface area (Å²) >= 11 is 9.40. The van der Waals surface area contributed by atoms with Crippen LogP contribution in [0, 0.1) is 0 Å². The molecule has 2 N–H and O–H groups in total. The lowest BCUT2D eigenvalue weighted by Crippen LogP contribution is -2.20. The number of nitrogens with one attached hydrogen (secondary N) is 2. The molecule has 64 valence electrons. The van der Waals surface area contributed by atoms with E-state index in [-0.39, 0.29) is 0 Å². The Labute approximate surface area is 84.4 Å². The fraction of sp³-hybridized carbons (Fsp3) is 0.250. The minimum absolute atomic E-state index is 0.756. The summed E-state index contributed by atoms with van der Waals surface area (Å²) in [6.45, 7) is 1.87. The molecule has 0 unspecified atom stereocenters. The lowest BCUT2D eigenvalue weighted by Gasteiger charge is -2.21. The van der Waals surface area contributed by atoms with Gasteiger partial charge in [0.25, 0.3) is 0 Å². The predicted octanol–water partition coefficient (Wildman–Crippen LogP) is 2.94. The second-order valence-electron chi connectivity index (χ2n) is 2.66. The van der Waals surface area contributed by atoms with Gasteiger partial charge in [0.2, 0.25) is 0 Å². The fourth-order valence-electron chi connectivity index (χ4n) is 1.28. The van der Waals surface area contributed by atoms with E-state index < -0.39 is 0 Å². The van der Waals surface area contributed by atoms with Crippen LogP contribution in [0.4, 0.5) is 11.4 Å². The molecule has 4 heteroatoms. The lowest BCUT2D eigenvalue weighted by molar-refractivity contribution is 1.05. The Morgan fingerprint density at radius 2 is 2.00 bits per heavy atom. The number of anilines is 2. The summed E-state index contributed by atoms with van der Waals surface area (Å²) in [7, 11) is 0. The molecule has 2 nitrogen and oxygen atoms in total. The maximum Gasteiger partial charge on any atom is 0.0766 e. The number of hydrogen-bond donors (Lipinski definition) is 2. The van der Waals surface area contributed by atoms with Gasteiger partial charge in [-0.05, 0) is 12.1 Å². The monoisotopic (exact) mass is 246 g/mol. The smallest absolute Gasteiger partial charge is 0.0766 e. The zero-order valence-corrected chi connectivity index (χ0v) is 8.67. The Bertz CT molecular complexity index is 314. The van der Waals surface area contributed by atoms with Gasteiger partial charge in [-0.2, -0.15) is 0 Å². The molecule has 0 atom stereocenters. The molecule has 1 aromatic carbocycles. The van der Waals surface area contributed by atoms with Crippen LogP contribution >= 0.6 is 27.5 Å². The highest BCUT2D eigenvalue weighted by Gasteiger charge is 2.11. The summed E-state index contributed by atoms with van der Waals surface area (Å²) in [6, 6.07) is 3.91. The molecule has 1 aliphatic heterocycles. The minimum atomic E-state index is 0.756. The summed E-state index contributed by atoms with van der Waals surface area (Å²) in [4.78, 5) is 0. The van der Waals surface area contributed by atoms with Gasteiger partial charge in [-0.25, -0.2) is 0 Å². The van der Waals surface area contributed by atoms with Gasteiger partial charge in [-0.3, -0.25) is 0 Å². The van der Waals surface area contributed by atoms with Crippen molar-refractivity contribution >= 4 is 38.9 Å². The van der Waals surface area contributed by atoms with Gasteiger partial charge in [-0.1, -0.05) is 27.5 Å². The van der Waals surface area contributed by atoms with Gasteiger partial charge in [0.1, 0.15) is 0 Å². The second kappa shape index (κ2) is 3.15. The number of rotatable bonds is 0. The van der Waals surface area contributed by atoms with Crippen LogP contribution in [0.3, 0.4) is 0 Å². The molecule has 12 heavy (non-hydrogen) atoms. The average molecular weight is 248 g/mol. The summed E-state index contributed by atoms with van der Waals surface area (Å²) < 4.78 is 1.00. The zero-order chi connectivity index (χ0) is 8.55. The Hall–Kier alpha value is -0.410. The van der Waals surface area contributed by atoms with Crippen molar-refractivity contribution < 1.29 is 0 Å². The Morgan fingerprint density at radius 3 is 2.83 bits per heavy atom. The van der Waals surface area contributed by atoms with Gasteiger partial charge in [0.15, 0.2) is 0 Å². The number of fused-ring (bicyclic) bond motifs is 1. The molecule has 1 aliphatic rings. The minimum Gasteiger partial charge on any atom is -0.382 e. The zero-order valence-electron chi connectivity index (χ0n) is 6.32. The normalized spacial score (nSPS) is 14.5. The van der Waals surface area contributed by atoms with Crippen LogP contribution in [-0.2, 0) is 0 Å². The van der Waals surface area contributed by atoms with Crippen LogP contribution in [0.1, 0.15) is 0 Å². The maximum atomic E-state index is 6.01. The molecule has 0 radical (unpaired) electrons. The van der Waals surface area contributed by atoms with Crippen molar-refractivity contribution in [2.75, 3.05) is 23.7 Å². The molecule has 2 rings (SSSR count). The van der Waals surface area contributed by atoms with Crippen molar-refractivity contribution in [1.82, 2.24) is 0 Å². The molecule has 1 aromatic rings. The van der Waals surface area contributed by atoms with Crippen molar-refractivity contribution in [3.05, 3.63) is 21.6 Å². The third-order valence-corrected chi connectivity index (χ3v) is 2.55. The average Bonchev–Trinajstić information content (AvgIpc) is 2.04. The summed E-state index contributed by atoms with van der Waals surface area (Å²) in [5.74, 6) is 0. The molecule has 0 bridgehead atoms. The lowest BCUT2D eigenvalue weighted by atomic mass is 10.2. The van der Waals surface area contributed by atoms with Crippen molar-refractivity contribution in [2.45, 2.75) is 0 Å². The van der Waals surface area contributed by atoms with E-state index in [1.807, 2.05) is 12.1 Å². The first kappa shape index (κ1) is 8.20. The summed E-state index contributed by atoms with van der Waals surface area (Å²) in [6.07, 6.45) is 0. The van der Waals surface area contributed by atoms with Crippen LogP contribution in [-0.4, -0.2) is 13.1 Å². The van der Waals surface area contributed by atoms with Crippen LogP contribution in [0.25, 0.3) is 0 Å². The second-order valence-corrected chi connectivity index (χ2v) is 3.99. The number of halogens is 2. The molecule has 0 fully saturated rings. The van der Waals surface area contributed by atoms with Gasteiger partial charge in [0, 0.05) is 17.6 Å². The topological polar surface area (TPSA) is 24.1 Å². The van der Waals surface area contributed by atoms with Gasteiger partial charge in [-0.15, -0.1) is 0 Å². The summed E-state index contributed by atoms with van der Waals surface area (Å²) in [5.41, 5.74) is 2.08. The van der Waals surface area contributed by atoms with Crippen molar-refractivity contribution in [1.29, 1.82) is 0 Å². The number of hydrogen-bond acceptors (Lipinski definition) is 2. The van der Waals surface area contributed by atoms with Crippen LogP contribution in [0.15, 0.2) is 16.6 Å². The first-order valence-electron chi connectivity index (χ1n) is 3.74. The van der Waals surface area contributed by atoms with E-state index in [1.54, 1.807) is 0 Å². The highest BCUT2D eigenvalue weighted by atomic mass is 79.9. The molecule has 1 heterocycles.